The summed E-state index contributed by atoms with van der Waals surface area (Å²) in [6, 6.07) is 5.95. The van der Waals surface area contributed by atoms with Crippen LogP contribution in [0, 0.1) is 11.3 Å². The van der Waals surface area contributed by atoms with Crippen LogP contribution in [0.5, 0.6) is 0 Å². The van der Waals surface area contributed by atoms with Gasteiger partial charge in [0.25, 0.3) is 5.91 Å². The number of aliphatic carboxylic acids is 1. The van der Waals surface area contributed by atoms with Crippen molar-refractivity contribution >= 4 is 21.9 Å². The van der Waals surface area contributed by atoms with Gasteiger partial charge in [-0.3, -0.25) is 9.59 Å². The second-order valence-corrected chi connectivity index (χ2v) is 9.89. The number of likely N-dealkylation sites (tertiary alicyclic amines) is 1. The van der Waals surface area contributed by atoms with Crippen LogP contribution in [-0.2, 0) is 14.8 Å². The molecule has 1 N–H and O–H groups in total. The van der Waals surface area contributed by atoms with Crippen LogP contribution in [0.1, 0.15) is 43.5 Å². The lowest BCUT2D eigenvalue weighted by molar-refractivity contribution is -0.139. The molecule has 1 unspecified atom stereocenters. The molecule has 1 aliphatic heterocycles. The summed E-state index contributed by atoms with van der Waals surface area (Å²) in [5, 5.41) is 9.17. The van der Waals surface area contributed by atoms with E-state index in [0.717, 1.165) is 0 Å². The molecule has 0 radical (unpaired) electrons. The minimum Gasteiger partial charge on any atom is -0.481 e. The van der Waals surface area contributed by atoms with E-state index in [9.17, 15) is 23.1 Å². The van der Waals surface area contributed by atoms with E-state index in [-0.39, 0.29) is 28.2 Å². The van der Waals surface area contributed by atoms with Gasteiger partial charge in [-0.15, -0.1) is 0 Å². The molecule has 1 saturated heterocycles. The van der Waals surface area contributed by atoms with Crippen molar-refractivity contribution in [1.29, 1.82) is 0 Å². The van der Waals surface area contributed by atoms with Gasteiger partial charge < -0.3 is 10.0 Å². The first kappa shape index (κ1) is 19.8. The number of piperidine rings is 1. The number of amides is 1. The molecule has 1 atom stereocenters. The molecule has 1 saturated carbocycles. The highest BCUT2D eigenvalue weighted by atomic mass is 32.2. The quantitative estimate of drug-likeness (QED) is 0.825. The first-order valence-electron chi connectivity index (χ1n) is 9.19. The van der Waals surface area contributed by atoms with Crippen molar-refractivity contribution in [1.82, 2.24) is 9.21 Å². The van der Waals surface area contributed by atoms with Crippen LogP contribution < -0.4 is 0 Å². The fourth-order valence-corrected chi connectivity index (χ4v) is 5.23. The lowest BCUT2D eigenvalue weighted by Gasteiger charge is -2.32. The van der Waals surface area contributed by atoms with Gasteiger partial charge in [-0.2, -0.15) is 4.31 Å². The van der Waals surface area contributed by atoms with Gasteiger partial charge in [-0.1, -0.05) is 6.07 Å². The smallest absolute Gasteiger partial charge is 0.307 e. The van der Waals surface area contributed by atoms with Crippen molar-refractivity contribution in [2.75, 3.05) is 20.1 Å². The van der Waals surface area contributed by atoms with E-state index in [1.807, 2.05) is 0 Å². The molecule has 27 heavy (non-hydrogen) atoms. The fourth-order valence-electron chi connectivity index (χ4n) is 3.82. The van der Waals surface area contributed by atoms with Crippen molar-refractivity contribution in [3.63, 3.8) is 0 Å². The Morgan fingerprint density at radius 3 is 2.41 bits per heavy atom. The molecule has 2 aliphatic rings. The zero-order valence-electron chi connectivity index (χ0n) is 15.9. The van der Waals surface area contributed by atoms with E-state index < -0.39 is 16.0 Å². The summed E-state index contributed by atoms with van der Waals surface area (Å²) >= 11 is 0. The molecule has 1 spiro atoms. The number of carbonyl (C=O) groups is 2. The normalized spacial score (nSPS) is 21.7. The van der Waals surface area contributed by atoms with E-state index in [4.69, 9.17) is 0 Å². The third kappa shape index (κ3) is 3.60. The minimum atomic E-state index is -3.65. The molecule has 1 aliphatic carbocycles. The standard InChI is InChI=1S/C19H26N2O5S/c1-13(2)20(3)27(25,26)15-6-4-5-14(11-15)17(22)21-9-7-19(8-10-21)12-16(19)18(23)24/h4-6,11,13,16H,7-10,12H2,1-3H3,(H,23,24). The molecule has 0 aromatic heterocycles. The van der Waals surface area contributed by atoms with E-state index in [1.54, 1.807) is 30.9 Å². The van der Waals surface area contributed by atoms with Crippen molar-refractivity contribution in [2.24, 2.45) is 11.3 Å². The summed E-state index contributed by atoms with van der Waals surface area (Å²) in [5.74, 6) is -1.24. The predicted octanol–water partition coefficient (Wildman–Crippen LogP) is 2.04. The van der Waals surface area contributed by atoms with Crippen molar-refractivity contribution < 1.29 is 23.1 Å². The molecule has 1 amide bonds. The molecule has 148 valence electrons. The Balaban J connectivity index is 1.73. The Labute approximate surface area is 160 Å². The summed E-state index contributed by atoms with van der Waals surface area (Å²) in [6.45, 7) is 4.59. The summed E-state index contributed by atoms with van der Waals surface area (Å²) in [7, 11) is -2.13. The minimum absolute atomic E-state index is 0.103. The van der Waals surface area contributed by atoms with Crippen LogP contribution in [0.15, 0.2) is 29.2 Å². The molecule has 3 rings (SSSR count). The third-order valence-electron chi connectivity index (χ3n) is 6.02. The lowest BCUT2D eigenvalue weighted by Crippen LogP contribution is -2.40. The number of carboxylic acids is 1. The molecule has 1 aromatic carbocycles. The first-order valence-corrected chi connectivity index (χ1v) is 10.6. The Hall–Kier alpha value is -1.93. The molecular formula is C19H26N2O5S. The van der Waals surface area contributed by atoms with Crippen molar-refractivity contribution in [2.45, 2.75) is 44.0 Å². The molecule has 0 bridgehead atoms. The van der Waals surface area contributed by atoms with Crippen LogP contribution in [0.25, 0.3) is 0 Å². The number of rotatable bonds is 5. The molecule has 8 heteroatoms. The topological polar surface area (TPSA) is 95.0 Å². The van der Waals surface area contributed by atoms with Gasteiger partial charge in [0.2, 0.25) is 10.0 Å². The van der Waals surface area contributed by atoms with E-state index >= 15 is 0 Å². The highest BCUT2D eigenvalue weighted by Crippen LogP contribution is 2.59. The van der Waals surface area contributed by atoms with Gasteiger partial charge in [0.15, 0.2) is 0 Å². The number of hydrogen-bond acceptors (Lipinski definition) is 4. The van der Waals surface area contributed by atoms with E-state index in [1.165, 1.54) is 23.5 Å². The number of carbonyl (C=O) groups excluding carboxylic acids is 1. The number of nitrogens with zero attached hydrogens (tertiary/aromatic N) is 2. The number of sulfonamides is 1. The lowest BCUT2D eigenvalue weighted by atomic mass is 9.90. The Kier molecular flexibility index (Phi) is 5.07. The van der Waals surface area contributed by atoms with Gasteiger partial charge in [-0.25, -0.2) is 8.42 Å². The predicted molar refractivity (Wildman–Crippen MR) is 99.8 cm³/mol. The van der Waals surface area contributed by atoms with Gasteiger partial charge in [0.05, 0.1) is 10.8 Å². The van der Waals surface area contributed by atoms with Gasteiger partial charge in [0, 0.05) is 31.7 Å². The first-order chi connectivity index (χ1) is 12.6. The van der Waals surface area contributed by atoms with E-state index in [0.29, 0.717) is 37.9 Å². The average molecular weight is 394 g/mol. The molecular weight excluding hydrogens is 368 g/mol. The third-order valence-corrected chi connectivity index (χ3v) is 8.05. The van der Waals surface area contributed by atoms with Crippen LogP contribution in [0.2, 0.25) is 0 Å². The maximum Gasteiger partial charge on any atom is 0.307 e. The maximum absolute atomic E-state index is 12.8. The van der Waals surface area contributed by atoms with Gasteiger partial charge >= 0.3 is 5.97 Å². The zero-order chi connectivity index (χ0) is 20.0. The Bertz CT molecular complexity index is 857. The number of hydrogen-bond donors (Lipinski definition) is 1. The number of benzene rings is 1. The highest BCUT2D eigenvalue weighted by Gasteiger charge is 2.59. The van der Waals surface area contributed by atoms with Crippen LogP contribution in [0.3, 0.4) is 0 Å². The Morgan fingerprint density at radius 1 is 1.26 bits per heavy atom. The molecule has 7 nitrogen and oxygen atoms in total. The molecule has 1 aromatic rings. The number of carboxylic acid groups (broad SMARTS) is 1. The summed E-state index contributed by atoms with van der Waals surface area (Å²) in [5.41, 5.74) is 0.197. The monoisotopic (exact) mass is 394 g/mol. The van der Waals surface area contributed by atoms with Crippen LogP contribution in [0.4, 0.5) is 0 Å². The van der Waals surface area contributed by atoms with Gasteiger partial charge in [-0.05, 0) is 56.7 Å². The summed E-state index contributed by atoms with van der Waals surface area (Å²) in [4.78, 5) is 25.8. The second kappa shape index (κ2) is 6.91. The molecule has 2 fully saturated rings. The highest BCUT2D eigenvalue weighted by molar-refractivity contribution is 7.89. The largest absolute Gasteiger partial charge is 0.481 e. The maximum atomic E-state index is 12.8. The fraction of sp³-hybridized carbons (Fsp3) is 0.579. The average Bonchev–Trinajstić information content (AvgIpc) is 3.35. The van der Waals surface area contributed by atoms with Gasteiger partial charge in [0.1, 0.15) is 0 Å². The van der Waals surface area contributed by atoms with Crippen LogP contribution >= 0.6 is 0 Å². The van der Waals surface area contributed by atoms with E-state index in [2.05, 4.69) is 0 Å². The molecule has 1 heterocycles. The summed E-state index contributed by atoms with van der Waals surface area (Å²) in [6.07, 6.45) is 2.06. The zero-order valence-corrected chi connectivity index (χ0v) is 16.7. The summed E-state index contributed by atoms with van der Waals surface area (Å²) < 4.78 is 26.6. The van der Waals surface area contributed by atoms with Crippen molar-refractivity contribution in [3.8, 4) is 0 Å². The Morgan fingerprint density at radius 2 is 1.89 bits per heavy atom. The van der Waals surface area contributed by atoms with Crippen LogP contribution in [-0.4, -0.2) is 60.8 Å². The van der Waals surface area contributed by atoms with Crippen molar-refractivity contribution in [3.05, 3.63) is 29.8 Å². The SMILES string of the molecule is CC(C)N(C)S(=O)(=O)c1cccc(C(=O)N2CCC3(CC2)CC3C(=O)O)c1. The second-order valence-electron chi connectivity index (χ2n) is 7.89.